The van der Waals surface area contributed by atoms with Crippen LogP contribution in [-0.4, -0.2) is 14.8 Å². The fourth-order valence-corrected chi connectivity index (χ4v) is 2.73. The second-order valence-electron chi connectivity index (χ2n) is 2.66. The Morgan fingerprint density at radius 3 is 2.31 bits per heavy atom. The fraction of sp³-hybridized carbons (Fsp3) is 0.143. The Kier molecular flexibility index (Phi) is 3.50. The molecule has 90 valence electrons. The summed E-state index contributed by atoms with van der Waals surface area (Å²) in [6, 6.07) is 3.29. The van der Waals surface area contributed by atoms with Crippen molar-refractivity contribution in [3.63, 3.8) is 0 Å². The molecule has 0 saturated carbocycles. The van der Waals surface area contributed by atoms with Crippen molar-refractivity contribution in [3.05, 3.63) is 22.7 Å². The van der Waals surface area contributed by atoms with Crippen molar-refractivity contribution >= 4 is 26.0 Å². The molecule has 0 spiro atoms. The van der Waals surface area contributed by atoms with Gasteiger partial charge in [-0.1, -0.05) is 6.07 Å². The predicted molar refractivity (Wildman–Crippen MR) is 52.2 cm³/mol. The molecule has 0 bridgehead atoms. The van der Waals surface area contributed by atoms with Crippen LogP contribution in [0, 0.1) is 0 Å². The van der Waals surface area contributed by atoms with E-state index in [9.17, 15) is 21.6 Å². The van der Waals surface area contributed by atoms with Gasteiger partial charge >= 0.3 is 6.36 Å². The number of alkyl halides is 3. The molecule has 4 nitrogen and oxygen atoms in total. The Morgan fingerprint density at radius 2 is 1.88 bits per heavy atom. The number of sulfonamides is 1. The van der Waals surface area contributed by atoms with Gasteiger partial charge < -0.3 is 4.74 Å². The summed E-state index contributed by atoms with van der Waals surface area (Å²) in [6.07, 6.45) is -4.99. The van der Waals surface area contributed by atoms with Gasteiger partial charge in [0.05, 0.1) is 0 Å². The van der Waals surface area contributed by atoms with Gasteiger partial charge in [0.1, 0.15) is 4.90 Å². The van der Waals surface area contributed by atoms with Crippen LogP contribution < -0.4 is 9.88 Å². The van der Waals surface area contributed by atoms with Crippen LogP contribution in [0.2, 0.25) is 0 Å². The third kappa shape index (κ3) is 3.35. The molecule has 0 aliphatic heterocycles. The summed E-state index contributed by atoms with van der Waals surface area (Å²) in [4.78, 5) is -0.743. The van der Waals surface area contributed by atoms with Gasteiger partial charge in [-0.15, -0.1) is 13.2 Å². The van der Waals surface area contributed by atoms with Gasteiger partial charge in [-0.05, 0) is 28.1 Å². The molecule has 0 saturated heterocycles. The molecule has 1 aromatic rings. The van der Waals surface area contributed by atoms with Crippen molar-refractivity contribution in [1.82, 2.24) is 0 Å². The lowest BCUT2D eigenvalue weighted by Crippen LogP contribution is -2.21. The highest BCUT2D eigenvalue weighted by Gasteiger charge is 2.34. The maximum atomic E-state index is 12.0. The lowest BCUT2D eigenvalue weighted by molar-refractivity contribution is -0.275. The van der Waals surface area contributed by atoms with Crippen molar-refractivity contribution in [2.24, 2.45) is 5.14 Å². The summed E-state index contributed by atoms with van der Waals surface area (Å²) in [7, 11) is -4.31. The summed E-state index contributed by atoms with van der Waals surface area (Å²) in [5.41, 5.74) is 0. The fourth-order valence-electron chi connectivity index (χ4n) is 0.970. The van der Waals surface area contributed by atoms with E-state index in [0.29, 0.717) is 0 Å². The highest BCUT2D eigenvalue weighted by Crippen LogP contribution is 2.33. The molecule has 0 aliphatic rings. The van der Waals surface area contributed by atoms with Gasteiger partial charge in [0.15, 0.2) is 5.75 Å². The summed E-state index contributed by atoms with van der Waals surface area (Å²) < 4.78 is 61.5. The van der Waals surface area contributed by atoms with E-state index in [1.54, 1.807) is 0 Å². The summed E-state index contributed by atoms with van der Waals surface area (Å²) >= 11 is 2.78. The van der Waals surface area contributed by atoms with Gasteiger partial charge in [-0.25, -0.2) is 13.6 Å². The van der Waals surface area contributed by atoms with Crippen molar-refractivity contribution in [3.8, 4) is 5.75 Å². The molecule has 0 aliphatic carbocycles. The van der Waals surface area contributed by atoms with Crippen molar-refractivity contribution in [1.29, 1.82) is 0 Å². The van der Waals surface area contributed by atoms with Crippen molar-refractivity contribution < 1.29 is 26.3 Å². The predicted octanol–water partition coefficient (Wildman–Crippen LogP) is 2.00. The number of halogens is 4. The van der Waals surface area contributed by atoms with E-state index in [1.165, 1.54) is 12.1 Å². The lowest BCUT2D eigenvalue weighted by atomic mass is 10.3. The average Bonchev–Trinajstić information content (AvgIpc) is 1.97. The average molecular weight is 320 g/mol. The molecule has 0 heterocycles. The number of rotatable bonds is 2. The Morgan fingerprint density at radius 1 is 1.31 bits per heavy atom. The van der Waals surface area contributed by atoms with Crippen molar-refractivity contribution in [2.75, 3.05) is 0 Å². The second kappa shape index (κ2) is 4.22. The molecular weight excluding hydrogens is 315 g/mol. The zero-order valence-electron chi connectivity index (χ0n) is 7.45. The lowest BCUT2D eigenvalue weighted by Gasteiger charge is -2.12. The molecule has 0 radical (unpaired) electrons. The number of hydrogen-bond donors (Lipinski definition) is 1. The van der Waals surface area contributed by atoms with Gasteiger partial charge in [-0.3, -0.25) is 0 Å². The molecule has 9 heteroatoms. The molecule has 2 N–H and O–H groups in total. The van der Waals surface area contributed by atoms with Crippen molar-refractivity contribution in [2.45, 2.75) is 11.3 Å². The van der Waals surface area contributed by atoms with Crippen LogP contribution >= 0.6 is 15.9 Å². The third-order valence-electron chi connectivity index (χ3n) is 1.44. The molecule has 0 aromatic heterocycles. The van der Waals surface area contributed by atoms with Crippen LogP contribution in [0.4, 0.5) is 13.2 Å². The topological polar surface area (TPSA) is 69.4 Å². The minimum atomic E-state index is -4.99. The van der Waals surface area contributed by atoms with Crippen LogP contribution in [0.25, 0.3) is 0 Å². The summed E-state index contributed by atoms with van der Waals surface area (Å²) in [6.45, 7) is 0. The first kappa shape index (κ1) is 13.3. The first-order valence-corrected chi connectivity index (χ1v) is 6.02. The number of hydrogen-bond acceptors (Lipinski definition) is 3. The first-order valence-electron chi connectivity index (χ1n) is 3.68. The Labute approximate surface area is 97.4 Å². The normalized spacial score (nSPS) is 12.6. The number of nitrogens with two attached hydrogens (primary N) is 1. The molecule has 1 rings (SSSR count). The van der Waals surface area contributed by atoms with E-state index < -0.39 is 27.0 Å². The van der Waals surface area contributed by atoms with E-state index in [-0.39, 0.29) is 4.47 Å². The molecule has 0 atom stereocenters. The quantitative estimate of drug-likeness (QED) is 0.906. The molecule has 1 aromatic carbocycles. The Bertz CT molecular complexity index is 500. The Hall–Kier alpha value is -0.800. The van der Waals surface area contributed by atoms with Crippen LogP contribution in [0.15, 0.2) is 27.6 Å². The minimum Gasteiger partial charge on any atom is -0.404 e. The first-order chi connectivity index (χ1) is 7.11. The zero-order chi connectivity index (χ0) is 12.6. The highest BCUT2D eigenvalue weighted by molar-refractivity contribution is 9.10. The largest absolute Gasteiger partial charge is 0.573 e. The van der Waals surface area contributed by atoms with Gasteiger partial charge in [0, 0.05) is 4.47 Å². The number of benzene rings is 1. The minimum absolute atomic E-state index is 0.100. The van der Waals surface area contributed by atoms with Gasteiger partial charge in [0.2, 0.25) is 10.0 Å². The van der Waals surface area contributed by atoms with Gasteiger partial charge in [0.25, 0.3) is 0 Å². The van der Waals surface area contributed by atoms with E-state index in [2.05, 4.69) is 20.7 Å². The van der Waals surface area contributed by atoms with Crippen LogP contribution in [0.1, 0.15) is 0 Å². The Balaban J connectivity index is 3.36. The summed E-state index contributed by atoms with van der Waals surface area (Å²) in [5.74, 6) is -0.871. The second-order valence-corrected chi connectivity index (χ2v) is 5.01. The van der Waals surface area contributed by atoms with E-state index >= 15 is 0 Å². The van der Waals surface area contributed by atoms with E-state index in [4.69, 9.17) is 5.14 Å². The molecule has 0 amide bonds. The number of ether oxygens (including phenoxy) is 1. The number of primary sulfonamides is 1. The van der Waals surface area contributed by atoms with Crippen LogP contribution in [0.5, 0.6) is 5.75 Å². The van der Waals surface area contributed by atoms with Gasteiger partial charge in [-0.2, -0.15) is 0 Å². The molecule has 16 heavy (non-hydrogen) atoms. The summed E-state index contributed by atoms with van der Waals surface area (Å²) in [5, 5.41) is 4.77. The van der Waals surface area contributed by atoms with Crippen LogP contribution in [-0.2, 0) is 10.0 Å². The molecule has 0 unspecified atom stereocenters. The maximum absolute atomic E-state index is 12.0. The molecular formula is C7H5BrF3NO3S. The van der Waals surface area contributed by atoms with E-state index in [1.807, 2.05) is 0 Å². The zero-order valence-corrected chi connectivity index (χ0v) is 9.86. The smallest absolute Gasteiger partial charge is 0.404 e. The SMILES string of the molecule is NS(=O)(=O)c1c(Br)cccc1OC(F)(F)F. The van der Waals surface area contributed by atoms with Crippen LogP contribution in [0.3, 0.4) is 0 Å². The third-order valence-corrected chi connectivity index (χ3v) is 3.35. The maximum Gasteiger partial charge on any atom is 0.573 e. The highest BCUT2D eigenvalue weighted by atomic mass is 79.9. The van der Waals surface area contributed by atoms with E-state index in [0.717, 1.165) is 6.07 Å². The molecule has 0 fully saturated rings. The standard InChI is InChI=1S/C7H5BrF3NO3S/c8-4-2-1-3-5(15-7(9,10)11)6(4)16(12,13)14/h1-3H,(H2,12,13,14). The monoisotopic (exact) mass is 319 g/mol.